The van der Waals surface area contributed by atoms with E-state index in [4.69, 9.17) is 32.7 Å². The van der Waals surface area contributed by atoms with Crippen LogP contribution in [0.1, 0.15) is 44.8 Å². The van der Waals surface area contributed by atoms with E-state index in [-0.39, 0.29) is 22.1 Å². The van der Waals surface area contributed by atoms with Crippen LogP contribution in [0.15, 0.2) is 41.5 Å². The number of rotatable bonds is 6. The van der Waals surface area contributed by atoms with Crippen LogP contribution < -0.4 is 20.2 Å². The summed E-state index contributed by atoms with van der Waals surface area (Å²) in [6.07, 6.45) is 4.96. The molecule has 1 heterocycles. The molecule has 12 heteroatoms. The zero-order valence-electron chi connectivity index (χ0n) is 20.0. The van der Waals surface area contributed by atoms with Crippen molar-refractivity contribution in [3.05, 3.63) is 73.6 Å². The first-order valence-electron chi connectivity index (χ1n) is 11.3. The number of esters is 1. The van der Waals surface area contributed by atoms with Crippen molar-refractivity contribution in [1.29, 1.82) is 5.26 Å². The number of nitrogens with one attached hydrogen (secondary N) is 2. The molecule has 1 aliphatic rings. The lowest BCUT2D eigenvalue weighted by Gasteiger charge is -2.10. The van der Waals surface area contributed by atoms with Gasteiger partial charge in [0.2, 0.25) is 0 Å². The second-order valence-electron chi connectivity index (χ2n) is 8.10. The van der Waals surface area contributed by atoms with Crippen LogP contribution in [0.25, 0.3) is 0 Å². The van der Waals surface area contributed by atoms with Gasteiger partial charge < -0.3 is 14.8 Å². The Bertz CT molecular complexity index is 1500. The molecule has 2 amide bonds. The molecule has 1 aliphatic carbocycles. The minimum absolute atomic E-state index is 0.134. The van der Waals surface area contributed by atoms with Crippen molar-refractivity contribution in [2.24, 2.45) is 5.10 Å². The third-order valence-electron chi connectivity index (χ3n) is 5.64. The van der Waals surface area contributed by atoms with Crippen LogP contribution in [0.2, 0.25) is 10.0 Å². The molecule has 0 saturated carbocycles. The van der Waals surface area contributed by atoms with Gasteiger partial charge in [-0.2, -0.15) is 10.4 Å². The van der Waals surface area contributed by atoms with Gasteiger partial charge in [0.25, 0.3) is 0 Å². The number of hydrogen-bond acceptors (Lipinski definition) is 8. The zero-order valence-corrected chi connectivity index (χ0v) is 22.3. The Kier molecular flexibility index (Phi) is 8.63. The maximum Gasteiger partial charge on any atom is 0.345 e. The Morgan fingerprint density at radius 3 is 2.61 bits per heavy atom. The maximum absolute atomic E-state index is 12.5. The molecule has 3 aromatic rings. The van der Waals surface area contributed by atoms with Gasteiger partial charge in [0, 0.05) is 9.90 Å². The minimum atomic E-state index is -0.992. The van der Waals surface area contributed by atoms with Gasteiger partial charge in [-0.15, -0.1) is 11.3 Å². The third-order valence-corrected chi connectivity index (χ3v) is 7.39. The topological polar surface area (TPSA) is 130 Å². The Hall–Kier alpha value is -3.91. The molecule has 38 heavy (non-hydrogen) atoms. The van der Waals surface area contributed by atoms with Crippen LogP contribution in [-0.4, -0.2) is 31.1 Å². The molecule has 0 aliphatic heterocycles. The number of fused-ring (bicyclic) bond motifs is 1. The number of amides is 2. The number of nitrogens with zero attached hydrogens (tertiary/aromatic N) is 2. The summed E-state index contributed by atoms with van der Waals surface area (Å²) in [4.78, 5) is 38.2. The highest BCUT2D eigenvalue weighted by atomic mass is 35.5. The standard InChI is InChI=1S/C26H20Cl2N4O5S/c1-36-21-10-14(6-9-20(21)37-26(35)17-8-7-15(27)11-19(17)28)13-30-32-24(34)23(33)31-25-18(12-29)16-4-2-3-5-22(16)38-25/h6-11,13H,2-5H2,1H3,(H,31,33)(H,32,34)/b30-13+. The number of anilines is 1. The summed E-state index contributed by atoms with van der Waals surface area (Å²) in [5.74, 6) is -2.26. The van der Waals surface area contributed by atoms with Gasteiger partial charge in [0.15, 0.2) is 11.5 Å². The van der Waals surface area contributed by atoms with Crippen molar-refractivity contribution in [1.82, 2.24) is 5.43 Å². The summed E-state index contributed by atoms with van der Waals surface area (Å²) in [5.41, 5.74) is 4.15. The first-order chi connectivity index (χ1) is 18.3. The van der Waals surface area contributed by atoms with Gasteiger partial charge in [-0.25, -0.2) is 10.2 Å². The predicted octanol–water partition coefficient (Wildman–Crippen LogP) is 5.12. The highest BCUT2D eigenvalue weighted by Crippen LogP contribution is 2.37. The molecule has 9 nitrogen and oxygen atoms in total. The number of halogens is 2. The average Bonchev–Trinajstić information content (AvgIpc) is 3.25. The fourth-order valence-electron chi connectivity index (χ4n) is 3.81. The lowest BCUT2D eigenvalue weighted by atomic mass is 9.96. The Morgan fingerprint density at radius 1 is 1.08 bits per heavy atom. The van der Waals surface area contributed by atoms with Crippen molar-refractivity contribution in [3.8, 4) is 17.6 Å². The number of hydrogen-bond donors (Lipinski definition) is 2. The van der Waals surface area contributed by atoms with Crippen LogP contribution in [-0.2, 0) is 22.4 Å². The van der Waals surface area contributed by atoms with Crippen LogP contribution in [0.3, 0.4) is 0 Å². The lowest BCUT2D eigenvalue weighted by molar-refractivity contribution is -0.136. The fraction of sp³-hybridized carbons (Fsp3) is 0.192. The molecule has 194 valence electrons. The van der Waals surface area contributed by atoms with Crippen LogP contribution in [0, 0.1) is 11.3 Å². The van der Waals surface area contributed by atoms with Crippen molar-refractivity contribution < 1.29 is 23.9 Å². The molecule has 1 aromatic heterocycles. The van der Waals surface area contributed by atoms with E-state index in [1.165, 1.54) is 55.0 Å². The minimum Gasteiger partial charge on any atom is -0.493 e. The van der Waals surface area contributed by atoms with Crippen molar-refractivity contribution in [2.75, 3.05) is 12.4 Å². The Labute approximate surface area is 232 Å². The lowest BCUT2D eigenvalue weighted by Crippen LogP contribution is -2.32. The smallest absolute Gasteiger partial charge is 0.345 e. The maximum atomic E-state index is 12.5. The first-order valence-corrected chi connectivity index (χ1v) is 12.9. The number of benzene rings is 2. The quantitative estimate of drug-likeness (QED) is 0.139. The highest BCUT2D eigenvalue weighted by molar-refractivity contribution is 7.16. The summed E-state index contributed by atoms with van der Waals surface area (Å²) >= 11 is 13.3. The van der Waals surface area contributed by atoms with E-state index in [1.807, 2.05) is 0 Å². The third kappa shape index (κ3) is 6.14. The van der Waals surface area contributed by atoms with Gasteiger partial charge in [-0.3, -0.25) is 9.59 Å². The summed E-state index contributed by atoms with van der Waals surface area (Å²) in [6.45, 7) is 0. The molecule has 2 N–H and O–H groups in total. The number of aryl methyl sites for hydroxylation is 1. The largest absolute Gasteiger partial charge is 0.493 e. The highest BCUT2D eigenvalue weighted by Gasteiger charge is 2.23. The summed E-state index contributed by atoms with van der Waals surface area (Å²) in [6, 6.07) is 11.1. The Morgan fingerprint density at radius 2 is 1.87 bits per heavy atom. The number of hydrazone groups is 1. The number of carbonyl (C=O) groups excluding carboxylic acids is 3. The molecule has 4 rings (SSSR count). The number of methoxy groups -OCH3 is 1. The molecule has 0 spiro atoms. The molecular formula is C26H20Cl2N4O5S. The van der Waals surface area contributed by atoms with Gasteiger partial charge in [-0.05, 0) is 73.2 Å². The van der Waals surface area contributed by atoms with Gasteiger partial charge >= 0.3 is 17.8 Å². The van der Waals surface area contributed by atoms with Gasteiger partial charge in [0.05, 0.1) is 29.5 Å². The van der Waals surface area contributed by atoms with Gasteiger partial charge in [0.1, 0.15) is 11.1 Å². The number of carbonyl (C=O) groups is 3. The average molecular weight is 571 g/mol. The normalized spacial score (nSPS) is 12.4. The molecule has 0 atom stereocenters. The number of ether oxygens (including phenoxy) is 2. The van der Waals surface area contributed by atoms with Crippen molar-refractivity contribution in [3.63, 3.8) is 0 Å². The van der Waals surface area contributed by atoms with E-state index >= 15 is 0 Å². The molecule has 0 bridgehead atoms. The summed E-state index contributed by atoms with van der Waals surface area (Å²) < 4.78 is 10.7. The molecule has 0 fully saturated rings. The van der Waals surface area contributed by atoms with Crippen LogP contribution in [0.5, 0.6) is 11.5 Å². The van der Waals surface area contributed by atoms with E-state index in [0.717, 1.165) is 36.1 Å². The Balaban J connectivity index is 1.38. The van der Waals surface area contributed by atoms with Crippen molar-refractivity contribution in [2.45, 2.75) is 25.7 Å². The van der Waals surface area contributed by atoms with E-state index < -0.39 is 17.8 Å². The van der Waals surface area contributed by atoms with Gasteiger partial charge in [-0.1, -0.05) is 23.2 Å². The molecule has 2 aromatic carbocycles. The second-order valence-corrected chi connectivity index (χ2v) is 10.1. The van der Waals surface area contributed by atoms with E-state index in [2.05, 4.69) is 21.9 Å². The number of nitriles is 1. The molecular weight excluding hydrogens is 551 g/mol. The SMILES string of the molecule is COc1cc(/C=N/NC(=O)C(=O)Nc2sc3c(c2C#N)CCCC3)ccc1OC(=O)c1ccc(Cl)cc1Cl. The van der Waals surface area contributed by atoms with E-state index in [1.54, 1.807) is 6.07 Å². The van der Waals surface area contributed by atoms with Crippen molar-refractivity contribution >= 4 is 63.5 Å². The van der Waals surface area contributed by atoms with Crippen LogP contribution >= 0.6 is 34.5 Å². The fourth-order valence-corrected chi connectivity index (χ4v) is 5.53. The molecule has 0 saturated heterocycles. The second kappa shape index (κ2) is 12.1. The zero-order chi connectivity index (χ0) is 27.2. The number of thiophene rings is 1. The first kappa shape index (κ1) is 27.1. The predicted molar refractivity (Wildman–Crippen MR) is 144 cm³/mol. The molecule has 0 unspecified atom stereocenters. The monoisotopic (exact) mass is 570 g/mol. The summed E-state index contributed by atoms with van der Waals surface area (Å²) in [5, 5.41) is 16.7. The van der Waals surface area contributed by atoms with Crippen LogP contribution in [0.4, 0.5) is 5.00 Å². The molecule has 0 radical (unpaired) electrons. The summed E-state index contributed by atoms with van der Waals surface area (Å²) in [7, 11) is 1.40. The van der Waals surface area contributed by atoms with E-state index in [0.29, 0.717) is 21.2 Å². The van der Waals surface area contributed by atoms with E-state index in [9.17, 15) is 19.6 Å².